The number of benzene rings is 2. The van der Waals surface area contributed by atoms with Gasteiger partial charge in [0.05, 0.1) is 30.5 Å². The molecule has 3 rings (SSSR count). The highest BCUT2D eigenvalue weighted by atomic mass is 32.2. The number of carbonyl (C=O) groups excluding carboxylic acids is 3. The summed E-state index contributed by atoms with van der Waals surface area (Å²) in [6, 6.07) is 17.1. The van der Waals surface area contributed by atoms with Gasteiger partial charge in [-0.25, -0.2) is 4.79 Å². The highest BCUT2D eigenvalue weighted by molar-refractivity contribution is 8.04. The van der Waals surface area contributed by atoms with Crippen LogP contribution in [-0.4, -0.2) is 42.0 Å². The Labute approximate surface area is 155 Å². The van der Waals surface area contributed by atoms with Gasteiger partial charge in [0.15, 0.2) is 5.78 Å². The van der Waals surface area contributed by atoms with E-state index in [9.17, 15) is 14.4 Å². The number of hydrogen-bond donors (Lipinski definition) is 0. The van der Waals surface area contributed by atoms with Crippen LogP contribution in [0.25, 0.3) is 11.1 Å². The van der Waals surface area contributed by atoms with Crippen molar-refractivity contribution in [3.05, 3.63) is 71.3 Å². The zero-order valence-corrected chi connectivity index (χ0v) is 15.0. The van der Waals surface area contributed by atoms with Crippen LogP contribution in [0.3, 0.4) is 0 Å². The normalized spacial score (nSPS) is 15.3. The first-order valence-corrected chi connectivity index (χ1v) is 8.98. The lowest BCUT2D eigenvalue weighted by molar-refractivity contribution is -0.134. The minimum Gasteiger partial charge on any atom is -0.466 e. The number of methoxy groups -OCH3 is 1. The standard InChI is InChI=1S/C20H17NO4S/c1-25-20(24)11-19-21(18(23)13-26-19)12-17(22)16-9-7-15(8-10-16)14-5-3-2-4-6-14/h2-11H,12-13H2,1H3. The van der Waals surface area contributed by atoms with E-state index in [0.717, 1.165) is 11.1 Å². The van der Waals surface area contributed by atoms with Crippen LogP contribution in [0.15, 0.2) is 65.7 Å². The monoisotopic (exact) mass is 367 g/mol. The second-order valence-corrected chi connectivity index (χ2v) is 6.64. The Morgan fingerprint density at radius 2 is 1.73 bits per heavy atom. The maximum absolute atomic E-state index is 12.5. The number of nitrogens with zero attached hydrogens (tertiary/aromatic N) is 1. The Hall–Kier alpha value is -2.86. The molecule has 2 aromatic carbocycles. The van der Waals surface area contributed by atoms with Crippen molar-refractivity contribution < 1.29 is 19.1 Å². The van der Waals surface area contributed by atoms with Crippen molar-refractivity contribution in [2.24, 2.45) is 0 Å². The van der Waals surface area contributed by atoms with Gasteiger partial charge in [-0.2, -0.15) is 0 Å². The highest BCUT2D eigenvalue weighted by Gasteiger charge is 2.29. The number of rotatable bonds is 5. The Balaban J connectivity index is 1.74. The van der Waals surface area contributed by atoms with Crippen molar-refractivity contribution in [2.45, 2.75) is 0 Å². The van der Waals surface area contributed by atoms with Gasteiger partial charge in [0.1, 0.15) is 0 Å². The molecule has 132 valence electrons. The topological polar surface area (TPSA) is 63.7 Å². The molecular weight excluding hydrogens is 350 g/mol. The molecule has 0 spiro atoms. The maximum Gasteiger partial charge on any atom is 0.333 e. The maximum atomic E-state index is 12.5. The molecule has 0 aromatic heterocycles. The first kappa shape index (κ1) is 17.9. The smallest absolute Gasteiger partial charge is 0.333 e. The van der Waals surface area contributed by atoms with Gasteiger partial charge in [-0.15, -0.1) is 0 Å². The highest BCUT2D eigenvalue weighted by Crippen LogP contribution is 2.29. The molecule has 6 heteroatoms. The number of ketones is 1. The number of Topliss-reactive ketones (excluding diaryl/α,β-unsaturated/α-hetero) is 1. The molecular formula is C20H17NO4S. The lowest BCUT2D eigenvalue weighted by Gasteiger charge is -2.16. The lowest BCUT2D eigenvalue weighted by atomic mass is 10.0. The van der Waals surface area contributed by atoms with Crippen molar-refractivity contribution in [1.29, 1.82) is 0 Å². The number of ether oxygens (including phenoxy) is 1. The predicted molar refractivity (Wildman–Crippen MR) is 100 cm³/mol. The SMILES string of the molecule is COC(=O)C=C1SCC(=O)N1CC(=O)c1ccc(-c2ccccc2)cc1. The molecule has 1 amide bonds. The number of carbonyl (C=O) groups is 3. The van der Waals surface area contributed by atoms with Gasteiger partial charge in [-0.1, -0.05) is 66.4 Å². The summed E-state index contributed by atoms with van der Waals surface area (Å²) in [5, 5.41) is 0.441. The zero-order valence-electron chi connectivity index (χ0n) is 14.2. The minimum absolute atomic E-state index is 0.0979. The number of hydrogen-bond acceptors (Lipinski definition) is 5. The molecule has 0 radical (unpaired) electrons. The van der Waals surface area contributed by atoms with Crippen LogP contribution in [0.5, 0.6) is 0 Å². The summed E-state index contributed by atoms with van der Waals surface area (Å²) >= 11 is 1.22. The van der Waals surface area contributed by atoms with Crippen molar-refractivity contribution in [3.63, 3.8) is 0 Å². The Morgan fingerprint density at radius 3 is 2.38 bits per heavy atom. The first-order valence-electron chi connectivity index (χ1n) is 8.00. The summed E-state index contributed by atoms with van der Waals surface area (Å²) in [5.74, 6) is -0.717. The molecule has 0 unspecified atom stereocenters. The van der Waals surface area contributed by atoms with Gasteiger partial charge in [0.2, 0.25) is 5.91 Å². The van der Waals surface area contributed by atoms with Crippen LogP contribution in [0.2, 0.25) is 0 Å². The molecule has 5 nitrogen and oxygen atoms in total. The summed E-state index contributed by atoms with van der Waals surface area (Å²) in [7, 11) is 1.27. The van der Waals surface area contributed by atoms with Crippen LogP contribution in [0, 0.1) is 0 Å². The van der Waals surface area contributed by atoms with Crippen LogP contribution < -0.4 is 0 Å². The molecule has 0 bridgehead atoms. The van der Waals surface area contributed by atoms with Crippen LogP contribution in [0.1, 0.15) is 10.4 Å². The fourth-order valence-electron chi connectivity index (χ4n) is 2.57. The fourth-order valence-corrected chi connectivity index (χ4v) is 3.50. The summed E-state index contributed by atoms with van der Waals surface area (Å²) in [4.78, 5) is 37.3. The van der Waals surface area contributed by atoms with Crippen LogP contribution in [0.4, 0.5) is 0 Å². The predicted octanol–water partition coefficient (Wildman–Crippen LogP) is 3.13. The van der Waals surface area contributed by atoms with Crippen molar-refractivity contribution in [2.75, 3.05) is 19.4 Å². The molecule has 1 heterocycles. The largest absolute Gasteiger partial charge is 0.466 e. The Kier molecular flexibility index (Phi) is 5.53. The van der Waals surface area contributed by atoms with E-state index in [4.69, 9.17) is 0 Å². The molecule has 0 N–H and O–H groups in total. The van der Waals surface area contributed by atoms with Crippen LogP contribution in [-0.2, 0) is 14.3 Å². The average molecular weight is 367 g/mol. The fraction of sp³-hybridized carbons (Fsp3) is 0.150. The van der Waals surface area contributed by atoms with Crippen LogP contribution >= 0.6 is 11.8 Å². The van der Waals surface area contributed by atoms with Gasteiger partial charge in [0, 0.05) is 5.56 Å². The Morgan fingerprint density at radius 1 is 1.08 bits per heavy atom. The molecule has 1 saturated heterocycles. The summed E-state index contributed by atoms with van der Waals surface area (Å²) in [6.45, 7) is -0.0979. The summed E-state index contributed by atoms with van der Waals surface area (Å²) in [5.41, 5.74) is 2.61. The lowest BCUT2D eigenvalue weighted by Crippen LogP contribution is -2.31. The van der Waals surface area contributed by atoms with Gasteiger partial charge < -0.3 is 4.74 Å². The average Bonchev–Trinajstić information content (AvgIpc) is 3.02. The molecule has 1 fully saturated rings. The molecule has 0 atom stereocenters. The second-order valence-electron chi connectivity index (χ2n) is 5.64. The van der Waals surface area contributed by atoms with Gasteiger partial charge in [0.25, 0.3) is 0 Å². The minimum atomic E-state index is -0.549. The first-order chi connectivity index (χ1) is 12.6. The molecule has 1 aliphatic heterocycles. The van der Waals surface area contributed by atoms with Crippen molar-refractivity contribution >= 4 is 29.4 Å². The van der Waals surface area contributed by atoms with E-state index >= 15 is 0 Å². The number of thioether (sulfide) groups is 1. The van der Waals surface area contributed by atoms with E-state index in [0.29, 0.717) is 10.6 Å². The molecule has 0 aliphatic carbocycles. The Bertz CT molecular complexity index is 859. The molecule has 26 heavy (non-hydrogen) atoms. The second kappa shape index (κ2) is 8.01. The number of esters is 1. The quantitative estimate of drug-likeness (QED) is 0.462. The summed E-state index contributed by atoms with van der Waals surface area (Å²) < 4.78 is 4.59. The molecule has 2 aromatic rings. The van der Waals surface area contributed by atoms with E-state index in [1.807, 2.05) is 42.5 Å². The van der Waals surface area contributed by atoms with E-state index in [2.05, 4.69) is 4.74 Å². The molecule has 0 saturated carbocycles. The van der Waals surface area contributed by atoms with E-state index in [1.165, 1.54) is 29.8 Å². The van der Waals surface area contributed by atoms with Crippen molar-refractivity contribution in [3.8, 4) is 11.1 Å². The molecule has 1 aliphatic rings. The van der Waals surface area contributed by atoms with E-state index in [1.54, 1.807) is 12.1 Å². The zero-order chi connectivity index (χ0) is 18.5. The summed E-state index contributed by atoms with van der Waals surface area (Å²) in [6.07, 6.45) is 1.24. The van der Waals surface area contributed by atoms with Crippen molar-refractivity contribution in [1.82, 2.24) is 4.90 Å². The number of amides is 1. The van der Waals surface area contributed by atoms with E-state index < -0.39 is 5.97 Å². The van der Waals surface area contributed by atoms with Gasteiger partial charge in [-0.3, -0.25) is 14.5 Å². The third kappa shape index (κ3) is 4.03. The third-order valence-corrected chi connectivity index (χ3v) is 4.99. The van der Waals surface area contributed by atoms with E-state index in [-0.39, 0.29) is 24.0 Å². The van der Waals surface area contributed by atoms with Gasteiger partial charge in [-0.05, 0) is 11.1 Å². The van der Waals surface area contributed by atoms with Gasteiger partial charge >= 0.3 is 5.97 Å². The third-order valence-electron chi connectivity index (χ3n) is 3.97.